The largest absolute Gasteiger partial charge is 0.420 e. The van der Waals surface area contributed by atoms with Gasteiger partial charge in [-0.05, 0) is 48.6 Å². The number of halogens is 3. The molecule has 3 N–H and O–H groups in total. The van der Waals surface area contributed by atoms with E-state index in [1.54, 1.807) is 7.05 Å². The lowest BCUT2D eigenvalue weighted by Crippen LogP contribution is -2.56. The number of aromatic nitrogens is 2. The van der Waals surface area contributed by atoms with E-state index < -0.39 is 33.2 Å². The van der Waals surface area contributed by atoms with Crippen molar-refractivity contribution in [2.45, 2.75) is 41.9 Å². The first-order chi connectivity index (χ1) is 22.4. The number of carbonyl (C=O) groups is 2. The number of nitrogens with one attached hydrogen (secondary N) is 3. The van der Waals surface area contributed by atoms with Crippen LogP contribution in [0.4, 0.5) is 30.5 Å². The summed E-state index contributed by atoms with van der Waals surface area (Å²) in [6, 6.07) is 6.23. The first-order valence-electron chi connectivity index (χ1n) is 15.2. The Morgan fingerprint density at radius 2 is 1.96 bits per heavy atom. The predicted molar refractivity (Wildman–Crippen MR) is 168 cm³/mol. The van der Waals surface area contributed by atoms with E-state index in [1.807, 2.05) is 18.2 Å². The third kappa shape index (κ3) is 6.16. The van der Waals surface area contributed by atoms with Gasteiger partial charge in [-0.3, -0.25) is 9.59 Å². The van der Waals surface area contributed by atoms with E-state index in [0.717, 1.165) is 30.2 Å². The number of hydrogen-bond acceptors (Lipinski definition) is 11. The molecular weight excluding hydrogens is 660 g/mol. The van der Waals surface area contributed by atoms with Crippen LogP contribution in [0, 0.1) is 0 Å². The first-order valence-corrected chi connectivity index (χ1v) is 17.7. The number of ether oxygens (including phenoxy) is 1. The van der Waals surface area contributed by atoms with E-state index in [1.165, 1.54) is 4.90 Å². The molecule has 1 aromatic carbocycles. The van der Waals surface area contributed by atoms with Crippen molar-refractivity contribution in [3.63, 3.8) is 0 Å². The second kappa shape index (κ2) is 12.0. The number of fused-ring (bicyclic) bond motifs is 1. The molecule has 2 saturated heterocycles. The Labute approximate surface area is 272 Å². The van der Waals surface area contributed by atoms with E-state index >= 15 is 0 Å². The van der Waals surface area contributed by atoms with Gasteiger partial charge in [0.05, 0.1) is 40.5 Å². The number of amides is 2. The fourth-order valence-corrected chi connectivity index (χ4v) is 8.99. The molecule has 3 aliphatic heterocycles. The van der Waals surface area contributed by atoms with Crippen LogP contribution in [0.5, 0.6) is 0 Å². The van der Waals surface area contributed by atoms with Gasteiger partial charge in [0.2, 0.25) is 11.9 Å². The predicted octanol–water partition coefficient (Wildman–Crippen LogP) is 3.00. The number of rotatable bonds is 7. The quantitative estimate of drug-likeness (QED) is 0.338. The van der Waals surface area contributed by atoms with Crippen LogP contribution in [0.15, 0.2) is 35.4 Å². The van der Waals surface area contributed by atoms with Crippen molar-refractivity contribution in [3.8, 4) is 10.6 Å². The summed E-state index contributed by atoms with van der Waals surface area (Å²) in [6.45, 7) is 2.34. The third-order valence-electron chi connectivity index (χ3n) is 8.88. The van der Waals surface area contributed by atoms with Crippen LogP contribution in [0.25, 0.3) is 10.6 Å². The van der Waals surface area contributed by atoms with Gasteiger partial charge in [-0.2, -0.15) is 13.2 Å². The monoisotopic (exact) mass is 691 g/mol. The van der Waals surface area contributed by atoms with E-state index in [4.69, 9.17) is 4.74 Å². The van der Waals surface area contributed by atoms with Crippen LogP contribution in [-0.2, 0) is 25.5 Å². The molecule has 0 unspecified atom stereocenters. The zero-order valence-corrected chi connectivity index (χ0v) is 26.9. The first kappa shape index (κ1) is 31.8. The summed E-state index contributed by atoms with van der Waals surface area (Å²) in [5, 5.41) is 8.98. The highest BCUT2D eigenvalue weighted by atomic mass is 32.2. The molecule has 17 heteroatoms. The summed E-state index contributed by atoms with van der Waals surface area (Å²) in [7, 11) is -2.36. The highest BCUT2D eigenvalue weighted by molar-refractivity contribution is 7.91. The molecule has 5 heterocycles. The standard InChI is InChI=1S/C30H32F3N7O5S2/c1-34-27(41)22-13-39(7-6-35-22)17-4-5-21(19(10-17)16-2-3-16)37-29-36-12-20(30(31,32)33)25(38-29)23-11-24-26(46-23)28(42)40(18-14-45-15-18)8-9-47(24,43)44/h4-5,10-12,16,18,22,35H,2-3,6-9,13-15H2,1H3,(H,34,41)(H,36,37,38)/t22-/m0/s1. The summed E-state index contributed by atoms with van der Waals surface area (Å²) in [4.78, 5) is 36.9. The van der Waals surface area contributed by atoms with Gasteiger partial charge in [-0.1, -0.05) is 0 Å². The molecule has 47 heavy (non-hydrogen) atoms. The van der Waals surface area contributed by atoms with Crippen molar-refractivity contribution < 1.29 is 35.9 Å². The number of piperazine rings is 1. The number of thiophene rings is 1. The molecule has 2 aromatic heterocycles. The second-order valence-electron chi connectivity index (χ2n) is 12.0. The second-order valence-corrected chi connectivity index (χ2v) is 15.1. The Morgan fingerprint density at radius 1 is 1.17 bits per heavy atom. The minimum absolute atomic E-state index is 0.0211. The van der Waals surface area contributed by atoms with Crippen molar-refractivity contribution in [3.05, 3.63) is 46.5 Å². The van der Waals surface area contributed by atoms with Crippen molar-refractivity contribution in [2.24, 2.45) is 0 Å². The molecule has 1 aliphatic carbocycles. The fourth-order valence-electron chi connectivity index (χ4n) is 6.07. The lowest BCUT2D eigenvalue weighted by molar-refractivity contribution is -0.137. The normalized spacial score (nSPS) is 21.5. The van der Waals surface area contributed by atoms with Crippen molar-refractivity contribution >= 4 is 50.3 Å². The third-order valence-corrected chi connectivity index (χ3v) is 11.9. The van der Waals surface area contributed by atoms with Crippen LogP contribution in [0.3, 0.4) is 0 Å². The molecule has 3 fully saturated rings. The molecule has 0 radical (unpaired) electrons. The van der Waals surface area contributed by atoms with E-state index in [-0.39, 0.29) is 70.0 Å². The average Bonchev–Trinajstić information content (AvgIpc) is 3.78. The van der Waals surface area contributed by atoms with Crippen molar-refractivity contribution in [1.82, 2.24) is 25.5 Å². The smallest absolute Gasteiger partial charge is 0.377 e. The van der Waals surface area contributed by atoms with Gasteiger partial charge in [-0.25, -0.2) is 18.4 Å². The number of sulfone groups is 1. The minimum atomic E-state index is -4.84. The highest BCUT2D eigenvalue weighted by Crippen LogP contribution is 2.46. The Bertz CT molecular complexity index is 1840. The van der Waals surface area contributed by atoms with Crippen LogP contribution in [0.1, 0.15) is 39.6 Å². The van der Waals surface area contributed by atoms with Gasteiger partial charge in [0.25, 0.3) is 5.91 Å². The summed E-state index contributed by atoms with van der Waals surface area (Å²) in [5.41, 5.74) is 0.867. The number of hydrogen-bond donors (Lipinski definition) is 3. The molecule has 0 bridgehead atoms. The Balaban J connectivity index is 1.22. The maximum Gasteiger partial charge on any atom is 0.420 e. The molecular formula is C30H32F3N7O5S2. The van der Waals surface area contributed by atoms with E-state index in [2.05, 4.69) is 30.8 Å². The Kier molecular flexibility index (Phi) is 8.13. The lowest BCUT2D eigenvalue weighted by Gasteiger charge is -2.36. The molecule has 250 valence electrons. The number of benzene rings is 1. The maximum atomic E-state index is 14.3. The molecule has 1 saturated carbocycles. The average molecular weight is 692 g/mol. The topological polar surface area (TPSA) is 146 Å². The van der Waals surface area contributed by atoms with Gasteiger partial charge < -0.3 is 30.5 Å². The van der Waals surface area contributed by atoms with Crippen LogP contribution >= 0.6 is 11.3 Å². The lowest BCUT2D eigenvalue weighted by atomic mass is 10.1. The van der Waals surface area contributed by atoms with Gasteiger partial charge >= 0.3 is 6.18 Å². The number of nitrogens with zero attached hydrogens (tertiary/aromatic N) is 4. The maximum absolute atomic E-state index is 14.3. The van der Waals surface area contributed by atoms with E-state index in [9.17, 15) is 31.2 Å². The summed E-state index contributed by atoms with van der Waals surface area (Å²) < 4.78 is 74.3. The Hall–Kier alpha value is -3.80. The van der Waals surface area contributed by atoms with Crippen molar-refractivity contribution in [2.75, 3.05) is 62.4 Å². The molecule has 1 atom stereocenters. The Morgan fingerprint density at radius 3 is 2.64 bits per heavy atom. The highest BCUT2D eigenvalue weighted by Gasteiger charge is 2.41. The molecule has 12 nitrogen and oxygen atoms in total. The zero-order chi connectivity index (χ0) is 33.1. The minimum Gasteiger partial charge on any atom is -0.377 e. The fraction of sp³-hybridized carbons (Fsp3) is 0.467. The molecule has 2 amide bonds. The van der Waals surface area contributed by atoms with E-state index in [0.29, 0.717) is 42.9 Å². The zero-order valence-electron chi connectivity index (χ0n) is 25.3. The number of anilines is 3. The van der Waals surface area contributed by atoms with Crippen LogP contribution in [0.2, 0.25) is 0 Å². The van der Waals surface area contributed by atoms with Gasteiger partial charge in [0.15, 0.2) is 9.84 Å². The van der Waals surface area contributed by atoms with Crippen molar-refractivity contribution in [1.29, 1.82) is 0 Å². The number of carbonyl (C=O) groups excluding carboxylic acids is 2. The van der Waals surface area contributed by atoms with Crippen LogP contribution < -0.4 is 20.9 Å². The number of likely N-dealkylation sites (N-methyl/N-ethyl adjacent to an activating group) is 1. The van der Waals surface area contributed by atoms with Crippen LogP contribution in [-0.4, -0.2) is 99.4 Å². The van der Waals surface area contributed by atoms with Gasteiger partial charge in [0, 0.05) is 50.8 Å². The molecule has 7 rings (SSSR count). The van der Waals surface area contributed by atoms with Gasteiger partial charge in [0.1, 0.15) is 16.5 Å². The summed E-state index contributed by atoms with van der Waals surface area (Å²) >= 11 is 0.684. The molecule has 0 spiro atoms. The summed E-state index contributed by atoms with van der Waals surface area (Å²) in [6.07, 6.45) is -2.27. The molecule has 4 aliphatic rings. The number of alkyl halides is 3. The molecule has 3 aromatic rings. The SMILES string of the molecule is CNC(=O)[C@@H]1CN(c2ccc(Nc3ncc(C(F)(F)F)c(-c4cc5c(s4)C(=O)N(C4COC4)CCS5(=O)=O)n3)c(C3CC3)c2)CCN1. The van der Waals surface area contributed by atoms with Gasteiger partial charge in [-0.15, -0.1) is 11.3 Å². The summed E-state index contributed by atoms with van der Waals surface area (Å²) in [5.74, 6) is -0.846.